The average Bonchev–Trinajstić information content (AvgIpc) is 2.92. The summed E-state index contributed by atoms with van der Waals surface area (Å²) in [5.74, 6) is 0. The van der Waals surface area contributed by atoms with Crippen LogP contribution in [-0.4, -0.2) is 21.7 Å². The number of nitrogens with zero attached hydrogens (tertiary/aromatic N) is 2. The molecule has 1 aromatic rings. The van der Waals surface area contributed by atoms with Crippen LogP contribution < -0.4 is 5.32 Å². The summed E-state index contributed by atoms with van der Waals surface area (Å²) in [6.45, 7) is 2.01. The minimum absolute atomic E-state index is 0.654. The lowest BCUT2D eigenvalue weighted by molar-refractivity contribution is 0.327. The van der Waals surface area contributed by atoms with Gasteiger partial charge < -0.3 is 5.32 Å². The zero-order valence-electron chi connectivity index (χ0n) is 11.8. The highest BCUT2D eigenvalue weighted by Crippen LogP contribution is 2.27. The van der Waals surface area contributed by atoms with E-state index in [1.807, 2.05) is 0 Å². The maximum atomic E-state index is 4.71. The molecule has 1 fully saturated rings. The van der Waals surface area contributed by atoms with Crippen LogP contribution in [0.5, 0.6) is 0 Å². The molecule has 0 unspecified atom stereocenters. The van der Waals surface area contributed by atoms with Gasteiger partial charge in [0.05, 0.1) is 11.7 Å². The molecular formula is C15H26BrN3. The van der Waals surface area contributed by atoms with Crippen LogP contribution in [0, 0.1) is 0 Å². The maximum Gasteiger partial charge on any atom is 0.0762 e. The highest BCUT2D eigenvalue weighted by Gasteiger charge is 2.15. The lowest BCUT2D eigenvalue weighted by Gasteiger charge is -2.21. The lowest BCUT2D eigenvalue weighted by Crippen LogP contribution is -2.17. The first kappa shape index (κ1) is 15.0. The zero-order chi connectivity index (χ0) is 13.3. The molecule has 0 aliphatic heterocycles. The van der Waals surface area contributed by atoms with Crippen molar-refractivity contribution in [3.63, 3.8) is 0 Å². The molecule has 1 aliphatic rings. The summed E-state index contributed by atoms with van der Waals surface area (Å²) in [5, 5.41) is 9.32. The molecule has 108 valence electrons. The second-order valence-corrected chi connectivity index (χ2v) is 6.30. The van der Waals surface area contributed by atoms with Crippen LogP contribution in [0.2, 0.25) is 0 Å². The van der Waals surface area contributed by atoms with Gasteiger partial charge in [-0.1, -0.05) is 41.6 Å². The third kappa shape index (κ3) is 5.27. The number of hydrogen-bond acceptors (Lipinski definition) is 2. The minimum atomic E-state index is 0.654. The molecule has 0 amide bonds. The Balaban J connectivity index is 1.66. The molecule has 0 saturated heterocycles. The predicted octanol–water partition coefficient (Wildman–Crippen LogP) is 4.04. The molecule has 1 heterocycles. The molecule has 0 bridgehead atoms. The summed E-state index contributed by atoms with van der Waals surface area (Å²) in [6.07, 6.45) is 12.7. The van der Waals surface area contributed by atoms with Gasteiger partial charge in [-0.2, -0.15) is 5.10 Å². The van der Waals surface area contributed by atoms with Gasteiger partial charge in [0.15, 0.2) is 0 Å². The average molecular weight is 328 g/mol. The van der Waals surface area contributed by atoms with Crippen molar-refractivity contribution >= 4 is 15.9 Å². The Bertz CT molecular complexity index is 345. The second-order valence-electron chi connectivity index (χ2n) is 5.51. The van der Waals surface area contributed by atoms with E-state index in [1.165, 1.54) is 57.1 Å². The Morgan fingerprint density at radius 2 is 2.05 bits per heavy atom. The van der Waals surface area contributed by atoms with Gasteiger partial charge in [-0.15, -0.1) is 0 Å². The van der Waals surface area contributed by atoms with Gasteiger partial charge in [-0.05, 0) is 38.3 Å². The lowest BCUT2D eigenvalue weighted by atomic mass is 9.96. The van der Waals surface area contributed by atoms with Crippen LogP contribution in [0.3, 0.4) is 0 Å². The van der Waals surface area contributed by atoms with Gasteiger partial charge >= 0.3 is 0 Å². The fourth-order valence-electron chi connectivity index (χ4n) is 2.76. The Hall–Kier alpha value is -0.350. The predicted molar refractivity (Wildman–Crippen MR) is 83.7 cm³/mol. The number of hydrogen-bond donors (Lipinski definition) is 1. The van der Waals surface area contributed by atoms with Gasteiger partial charge in [0.1, 0.15) is 0 Å². The van der Waals surface area contributed by atoms with Crippen LogP contribution >= 0.6 is 15.9 Å². The largest absolute Gasteiger partial charge is 0.311 e. The van der Waals surface area contributed by atoms with Crippen LogP contribution in [0.1, 0.15) is 63.1 Å². The second kappa shape index (κ2) is 8.75. The van der Waals surface area contributed by atoms with E-state index >= 15 is 0 Å². The van der Waals surface area contributed by atoms with Crippen molar-refractivity contribution in [1.29, 1.82) is 0 Å². The highest BCUT2D eigenvalue weighted by atomic mass is 79.9. The monoisotopic (exact) mass is 327 g/mol. The quantitative estimate of drug-likeness (QED) is 0.576. The number of halogens is 1. The van der Waals surface area contributed by atoms with E-state index in [4.69, 9.17) is 5.10 Å². The number of alkyl halides is 1. The molecule has 3 nitrogen and oxygen atoms in total. The summed E-state index contributed by atoms with van der Waals surface area (Å²) in [5.41, 5.74) is 1.19. The molecular weight excluding hydrogens is 302 g/mol. The van der Waals surface area contributed by atoms with Crippen molar-refractivity contribution in [2.24, 2.45) is 0 Å². The van der Waals surface area contributed by atoms with Crippen molar-refractivity contribution in [1.82, 2.24) is 15.1 Å². The first-order chi connectivity index (χ1) is 9.40. The molecule has 1 aliphatic carbocycles. The standard InChI is InChI=1S/C15H26BrN3/c16-10-5-2-6-11-17-13-14-9-12-19(18-14)15-7-3-1-4-8-15/h9,12,15,17H,1-8,10-11,13H2. The third-order valence-electron chi connectivity index (χ3n) is 3.91. The van der Waals surface area contributed by atoms with Crippen LogP contribution in [0.4, 0.5) is 0 Å². The zero-order valence-corrected chi connectivity index (χ0v) is 13.4. The van der Waals surface area contributed by atoms with Gasteiger partial charge in [0.25, 0.3) is 0 Å². The molecule has 1 saturated carbocycles. The molecule has 4 heteroatoms. The number of unbranched alkanes of at least 4 members (excludes halogenated alkanes) is 2. The summed E-state index contributed by atoms with van der Waals surface area (Å²) in [6, 6.07) is 2.82. The van der Waals surface area contributed by atoms with Crippen LogP contribution in [0.15, 0.2) is 12.3 Å². The van der Waals surface area contributed by atoms with Gasteiger partial charge in [0.2, 0.25) is 0 Å². The summed E-state index contributed by atoms with van der Waals surface area (Å²) in [4.78, 5) is 0. The van der Waals surface area contributed by atoms with E-state index in [-0.39, 0.29) is 0 Å². The molecule has 19 heavy (non-hydrogen) atoms. The van der Waals surface area contributed by atoms with E-state index in [1.54, 1.807) is 0 Å². The first-order valence-electron chi connectivity index (χ1n) is 7.71. The molecule has 1 N–H and O–H groups in total. The van der Waals surface area contributed by atoms with Crippen LogP contribution in [0.25, 0.3) is 0 Å². The summed E-state index contributed by atoms with van der Waals surface area (Å²) < 4.78 is 2.20. The van der Waals surface area contributed by atoms with Crippen molar-refractivity contribution in [2.45, 2.75) is 64.0 Å². The van der Waals surface area contributed by atoms with Crippen molar-refractivity contribution < 1.29 is 0 Å². The Morgan fingerprint density at radius 3 is 2.84 bits per heavy atom. The van der Waals surface area contributed by atoms with E-state index in [0.717, 1.165) is 18.4 Å². The first-order valence-corrected chi connectivity index (χ1v) is 8.83. The van der Waals surface area contributed by atoms with E-state index < -0.39 is 0 Å². The number of aromatic nitrogens is 2. The fourth-order valence-corrected chi connectivity index (χ4v) is 3.15. The number of nitrogens with one attached hydrogen (secondary N) is 1. The van der Waals surface area contributed by atoms with E-state index in [0.29, 0.717) is 6.04 Å². The highest BCUT2D eigenvalue weighted by molar-refractivity contribution is 9.09. The smallest absolute Gasteiger partial charge is 0.0762 e. The summed E-state index contributed by atoms with van der Waals surface area (Å²) in [7, 11) is 0. The van der Waals surface area contributed by atoms with Gasteiger partial charge in [-0.25, -0.2) is 0 Å². The molecule has 2 rings (SSSR count). The Kier molecular flexibility index (Phi) is 6.93. The number of rotatable bonds is 8. The fraction of sp³-hybridized carbons (Fsp3) is 0.800. The molecule has 0 spiro atoms. The van der Waals surface area contributed by atoms with Crippen molar-refractivity contribution in [2.75, 3.05) is 11.9 Å². The maximum absolute atomic E-state index is 4.71. The van der Waals surface area contributed by atoms with E-state index in [2.05, 4.69) is 38.2 Å². The molecule has 0 atom stereocenters. The minimum Gasteiger partial charge on any atom is -0.311 e. The summed E-state index contributed by atoms with van der Waals surface area (Å²) >= 11 is 3.46. The van der Waals surface area contributed by atoms with Crippen molar-refractivity contribution in [3.05, 3.63) is 18.0 Å². The van der Waals surface area contributed by atoms with Crippen LogP contribution in [-0.2, 0) is 6.54 Å². The van der Waals surface area contributed by atoms with Gasteiger partial charge in [-0.3, -0.25) is 4.68 Å². The van der Waals surface area contributed by atoms with E-state index in [9.17, 15) is 0 Å². The van der Waals surface area contributed by atoms with Crippen molar-refractivity contribution in [3.8, 4) is 0 Å². The topological polar surface area (TPSA) is 29.9 Å². The molecule has 0 radical (unpaired) electrons. The normalized spacial score (nSPS) is 16.9. The third-order valence-corrected chi connectivity index (χ3v) is 4.47. The Labute approximate surface area is 125 Å². The molecule has 1 aromatic heterocycles. The Morgan fingerprint density at radius 1 is 1.21 bits per heavy atom. The SMILES string of the molecule is BrCCCCCNCc1ccn(C2CCCCC2)n1. The molecule has 0 aromatic carbocycles. The van der Waals surface area contributed by atoms with Gasteiger partial charge in [0, 0.05) is 18.1 Å².